The molecule has 3 rings (SSSR count). The van der Waals surface area contributed by atoms with Crippen LogP contribution in [0.2, 0.25) is 0 Å². The lowest BCUT2D eigenvalue weighted by atomic mass is 10.2. The highest BCUT2D eigenvalue weighted by molar-refractivity contribution is 7.13. The highest BCUT2D eigenvalue weighted by atomic mass is 32.1. The number of aliphatic hydroxyl groups is 1. The lowest BCUT2D eigenvalue weighted by Crippen LogP contribution is -2.53. The summed E-state index contributed by atoms with van der Waals surface area (Å²) in [6, 6.07) is 2.29. The lowest BCUT2D eigenvalue weighted by molar-refractivity contribution is 0.0863. The molecule has 0 saturated carbocycles. The Morgan fingerprint density at radius 2 is 2.27 bits per heavy atom. The minimum Gasteiger partial charge on any atom is -0.390 e. The molecule has 0 radical (unpaired) electrons. The first kappa shape index (κ1) is 15.5. The second-order valence-electron chi connectivity index (χ2n) is 5.96. The van der Waals surface area contributed by atoms with Gasteiger partial charge in [-0.25, -0.2) is 4.98 Å². The zero-order valence-corrected chi connectivity index (χ0v) is 13.9. The number of piperazine rings is 1. The van der Waals surface area contributed by atoms with Crippen LogP contribution in [0.1, 0.15) is 12.6 Å². The summed E-state index contributed by atoms with van der Waals surface area (Å²) in [5, 5.41) is 17.6. The minimum atomic E-state index is -0.388. The molecule has 22 heavy (non-hydrogen) atoms. The summed E-state index contributed by atoms with van der Waals surface area (Å²) in [7, 11) is 0. The average molecular weight is 321 g/mol. The van der Waals surface area contributed by atoms with Crippen molar-refractivity contribution < 1.29 is 5.11 Å². The van der Waals surface area contributed by atoms with E-state index >= 15 is 0 Å². The maximum atomic E-state index is 10.2. The van der Waals surface area contributed by atoms with Crippen LogP contribution in [0.4, 0.5) is 5.13 Å². The Labute approximate surface area is 135 Å². The molecular formula is C15H23N5OS. The highest BCUT2D eigenvalue weighted by Crippen LogP contribution is 2.24. The molecule has 7 heteroatoms. The molecule has 1 aliphatic rings. The summed E-state index contributed by atoms with van der Waals surface area (Å²) in [5.74, 6) is 0. The molecule has 6 nitrogen and oxygen atoms in total. The van der Waals surface area contributed by atoms with Crippen LogP contribution in [0.25, 0.3) is 0 Å². The molecule has 0 bridgehead atoms. The molecule has 0 aliphatic carbocycles. The van der Waals surface area contributed by atoms with Gasteiger partial charge in [0, 0.05) is 50.0 Å². The number of anilines is 1. The molecular weight excluding hydrogens is 298 g/mol. The van der Waals surface area contributed by atoms with Gasteiger partial charge in [0.25, 0.3) is 0 Å². The van der Waals surface area contributed by atoms with Gasteiger partial charge in [0.1, 0.15) is 0 Å². The summed E-state index contributed by atoms with van der Waals surface area (Å²) >= 11 is 1.71. The molecule has 0 spiro atoms. The van der Waals surface area contributed by atoms with Gasteiger partial charge in [-0.3, -0.25) is 9.58 Å². The normalized spacial score (nSPS) is 21.2. The van der Waals surface area contributed by atoms with E-state index in [0.29, 0.717) is 19.1 Å². The first-order chi connectivity index (χ1) is 10.6. The zero-order valence-electron chi connectivity index (χ0n) is 13.1. The molecule has 2 aromatic heterocycles. The van der Waals surface area contributed by atoms with Crippen molar-refractivity contribution in [1.29, 1.82) is 0 Å². The van der Waals surface area contributed by atoms with Gasteiger partial charge in [0.05, 0.1) is 18.3 Å². The number of β-amino-alcohol motifs (C(OH)–C–C–N with tert-alkyl or cyclic N) is 1. The topological polar surface area (TPSA) is 57.4 Å². The molecule has 1 fully saturated rings. The molecule has 2 aromatic rings. The Morgan fingerprint density at radius 1 is 1.41 bits per heavy atom. The molecule has 0 unspecified atom stereocenters. The fourth-order valence-corrected chi connectivity index (χ4v) is 3.87. The minimum absolute atomic E-state index is 0.388. The fourth-order valence-electron chi connectivity index (χ4n) is 2.94. The van der Waals surface area contributed by atoms with E-state index in [9.17, 15) is 5.11 Å². The predicted octanol–water partition coefficient (Wildman–Crippen LogP) is 1.22. The standard InChI is InChI=1S/C15H23N5OS/c1-12-11-22-15(17-12)20-7-6-18(8-13(20)2)9-14(21)10-19-5-3-4-16-19/h3-5,11,13-14,21H,6-10H2,1-2H3/t13-,14-/m1/s1. The zero-order chi connectivity index (χ0) is 15.5. The van der Waals surface area contributed by atoms with Gasteiger partial charge in [-0.15, -0.1) is 11.3 Å². The molecule has 2 atom stereocenters. The molecule has 0 aromatic carbocycles. The molecule has 1 saturated heterocycles. The van der Waals surface area contributed by atoms with Crippen LogP contribution < -0.4 is 4.90 Å². The van der Waals surface area contributed by atoms with Crippen molar-refractivity contribution in [2.75, 3.05) is 31.1 Å². The number of aromatic nitrogens is 3. The van der Waals surface area contributed by atoms with E-state index in [4.69, 9.17) is 0 Å². The second kappa shape index (κ2) is 6.76. The largest absolute Gasteiger partial charge is 0.390 e. The first-order valence-electron chi connectivity index (χ1n) is 7.68. The Morgan fingerprint density at radius 3 is 2.91 bits per heavy atom. The van der Waals surface area contributed by atoms with Crippen LogP contribution in [0, 0.1) is 6.92 Å². The van der Waals surface area contributed by atoms with Crippen molar-refractivity contribution >= 4 is 16.5 Å². The number of aliphatic hydroxyl groups excluding tert-OH is 1. The number of thiazole rings is 1. The number of nitrogens with zero attached hydrogens (tertiary/aromatic N) is 5. The van der Waals surface area contributed by atoms with Crippen LogP contribution >= 0.6 is 11.3 Å². The average Bonchev–Trinajstić information content (AvgIpc) is 3.10. The summed E-state index contributed by atoms with van der Waals surface area (Å²) in [6.07, 6.45) is 3.23. The first-order valence-corrected chi connectivity index (χ1v) is 8.56. The Balaban J connectivity index is 1.51. The van der Waals surface area contributed by atoms with E-state index in [1.807, 2.05) is 19.2 Å². The van der Waals surface area contributed by atoms with Crippen LogP contribution in [0.3, 0.4) is 0 Å². The van der Waals surface area contributed by atoms with Crippen LogP contribution in [0.15, 0.2) is 23.8 Å². The predicted molar refractivity (Wildman–Crippen MR) is 88.3 cm³/mol. The molecule has 3 heterocycles. The van der Waals surface area contributed by atoms with Crippen molar-refractivity contribution in [2.24, 2.45) is 0 Å². The van der Waals surface area contributed by atoms with Gasteiger partial charge in [-0.2, -0.15) is 5.10 Å². The SMILES string of the molecule is Cc1csc(N2CCN(C[C@@H](O)Cn3cccn3)C[C@H]2C)n1. The Kier molecular flexibility index (Phi) is 4.75. The summed E-state index contributed by atoms with van der Waals surface area (Å²) in [5.41, 5.74) is 1.09. The van der Waals surface area contributed by atoms with Crippen molar-refractivity contribution in [3.05, 3.63) is 29.5 Å². The summed E-state index contributed by atoms with van der Waals surface area (Å²) < 4.78 is 1.78. The maximum absolute atomic E-state index is 10.2. The van der Waals surface area contributed by atoms with Crippen molar-refractivity contribution in [3.63, 3.8) is 0 Å². The van der Waals surface area contributed by atoms with Gasteiger partial charge >= 0.3 is 0 Å². The van der Waals surface area contributed by atoms with Crippen molar-refractivity contribution in [1.82, 2.24) is 19.7 Å². The smallest absolute Gasteiger partial charge is 0.185 e. The van der Waals surface area contributed by atoms with Crippen molar-refractivity contribution in [3.8, 4) is 0 Å². The Bertz CT molecular complexity index is 585. The number of rotatable bonds is 5. The summed E-state index contributed by atoms with van der Waals surface area (Å²) in [4.78, 5) is 9.28. The van der Waals surface area contributed by atoms with Gasteiger partial charge in [-0.1, -0.05) is 0 Å². The van der Waals surface area contributed by atoms with Crippen molar-refractivity contribution in [2.45, 2.75) is 32.5 Å². The van der Waals surface area contributed by atoms with Crippen LogP contribution in [-0.4, -0.2) is 63.1 Å². The molecule has 120 valence electrons. The molecule has 0 amide bonds. The Hall–Kier alpha value is -1.44. The number of aryl methyl sites for hydroxylation is 1. The highest BCUT2D eigenvalue weighted by Gasteiger charge is 2.26. The molecule has 1 N–H and O–H groups in total. The fraction of sp³-hybridized carbons (Fsp3) is 0.600. The van der Waals surface area contributed by atoms with Crippen LogP contribution in [0.5, 0.6) is 0 Å². The van der Waals surface area contributed by atoms with Gasteiger partial charge in [0.15, 0.2) is 5.13 Å². The third-order valence-corrected chi connectivity index (χ3v) is 4.99. The van der Waals surface area contributed by atoms with E-state index in [2.05, 4.69) is 32.2 Å². The van der Waals surface area contributed by atoms with Gasteiger partial charge < -0.3 is 10.0 Å². The third kappa shape index (κ3) is 3.66. The van der Waals surface area contributed by atoms with E-state index in [-0.39, 0.29) is 6.10 Å². The van der Waals surface area contributed by atoms with Gasteiger partial charge in [0.2, 0.25) is 0 Å². The maximum Gasteiger partial charge on any atom is 0.185 e. The van der Waals surface area contributed by atoms with Crippen LogP contribution in [-0.2, 0) is 6.54 Å². The molecule has 1 aliphatic heterocycles. The quantitative estimate of drug-likeness (QED) is 0.897. The second-order valence-corrected chi connectivity index (χ2v) is 6.79. The van der Waals surface area contributed by atoms with E-state index in [0.717, 1.165) is 30.5 Å². The monoisotopic (exact) mass is 321 g/mol. The van der Waals surface area contributed by atoms with E-state index < -0.39 is 0 Å². The van der Waals surface area contributed by atoms with Gasteiger partial charge in [-0.05, 0) is 19.9 Å². The third-order valence-electron chi connectivity index (χ3n) is 3.99. The van der Waals surface area contributed by atoms with E-state index in [1.54, 1.807) is 22.2 Å². The number of hydrogen-bond donors (Lipinski definition) is 1. The number of hydrogen-bond acceptors (Lipinski definition) is 6. The van der Waals surface area contributed by atoms with E-state index in [1.165, 1.54) is 0 Å². The summed E-state index contributed by atoms with van der Waals surface area (Å²) in [6.45, 7) is 8.37. The lowest BCUT2D eigenvalue weighted by Gasteiger charge is -2.40.